The molecule has 0 saturated carbocycles. The van der Waals surface area contributed by atoms with E-state index in [-0.39, 0.29) is 5.91 Å². The molecule has 30 heavy (non-hydrogen) atoms. The maximum Gasteiger partial charge on any atom is 0.227 e. The number of hydrogen-bond acceptors (Lipinski definition) is 7. The van der Waals surface area contributed by atoms with Crippen LogP contribution in [-0.2, 0) is 9.53 Å². The van der Waals surface area contributed by atoms with Gasteiger partial charge in [-0.2, -0.15) is 0 Å². The highest BCUT2D eigenvalue weighted by atomic mass is 16.5. The fraction of sp³-hybridized carbons (Fsp3) is 0.227. The van der Waals surface area contributed by atoms with Crippen molar-refractivity contribution in [2.24, 2.45) is 0 Å². The minimum absolute atomic E-state index is 0.164. The van der Waals surface area contributed by atoms with Crippen molar-refractivity contribution in [3.63, 3.8) is 0 Å². The van der Waals surface area contributed by atoms with Crippen molar-refractivity contribution in [1.29, 1.82) is 0 Å². The SMILES string of the molecule is CC(=O)Nc1ccc(-c2ccnc(Nc3ccc(N4CCOCC4)cc3)n2)cc1N. The molecule has 0 radical (unpaired) electrons. The molecule has 1 fully saturated rings. The average molecular weight is 404 g/mol. The Kier molecular flexibility index (Phi) is 5.76. The standard InChI is InChI=1S/C22H24N6O2/c1-15(29)25-21-7-2-16(14-19(21)23)20-8-9-24-22(27-20)26-17-3-5-18(6-4-17)28-10-12-30-13-11-28/h2-9,14H,10-13,23H2,1H3,(H,25,29)(H,24,26,27). The van der Waals surface area contributed by atoms with Crippen molar-refractivity contribution in [3.05, 3.63) is 54.7 Å². The third-order valence-corrected chi connectivity index (χ3v) is 4.81. The van der Waals surface area contributed by atoms with Gasteiger partial charge in [0.1, 0.15) is 0 Å². The molecule has 0 aliphatic carbocycles. The van der Waals surface area contributed by atoms with Crippen LogP contribution in [0, 0.1) is 0 Å². The van der Waals surface area contributed by atoms with Gasteiger partial charge in [0.15, 0.2) is 0 Å². The summed E-state index contributed by atoms with van der Waals surface area (Å²) < 4.78 is 5.41. The molecule has 4 rings (SSSR count). The summed E-state index contributed by atoms with van der Waals surface area (Å²) in [5.74, 6) is 0.332. The third-order valence-electron chi connectivity index (χ3n) is 4.81. The summed E-state index contributed by atoms with van der Waals surface area (Å²) in [6.07, 6.45) is 1.70. The first-order valence-corrected chi connectivity index (χ1v) is 9.79. The molecule has 4 N–H and O–H groups in total. The van der Waals surface area contributed by atoms with E-state index in [0.717, 1.165) is 43.2 Å². The van der Waals surface area contributed by atoms with Crippen molar-refractivity contribution in [2.75, 3.05) is 47.6 Å². The van der Waals surface area contributed by atoms with E-state index in [0.29, 0.717) is 17.3 Å². The van der Waals surface area contributed by atoms with Crippen LogP contribution < -0.4 is 21.3 Å². The zero-order valence-electron chi connectivity index (χ0n) is 16.8. The minimum Gasteiger partial charge on any atom is -0.397 e. The second-order valence-corrected chi connectivity index (χ2v) is 7.02. The predicted octanol–water partition coefficient (Wildman–Crippen LogP) is 3.26. The second kappa shape index (κ2) is 8.79. The highest BCUT2D eigenvalue weighted by Gasteiger charge is 2.11. The van der Waals surface area contributed by atoms with E-state index >= 15 is 0 Å². The van der Waals surface area contributed by atoms with Gasteiger partial charge in [-0.25, -0.2) is 9.97 Å². The molecule has 0 atom stereocenters. The fourth-order valence-electron chi connectivity index (χ4n) is 3.31. The molecule has 1 aromatic heterocycles. The summed E-state index contributed by atoms with van der Waals surface area (Å²) in [4.78, 5) is 22.5. The van der Waals surface area contributed by atoms with E-state index in [9.17, 15) is 4.79 Å². The molecule has 0 spiro atoms. The molecule has 0 bridgehead atoms. The molecule has 8 heteroatoms. The molecule has 3 aromatic rings. The first-order chi connectivity index (χ1) is 14.6. The predicted molar refractivity (Wildman–Crippen MR) is 119 cm³/mol. The van der Waals surface area contributed by atoms with E-state index in [1.165, 1.54) is 12.6 Å². The number of nitrogens with two attached hydrogens (primary N) is 1. The van der Waals surface area contributed by atoms with Gasteiger partial charge in [0.2, 0.25) is 11.9 Å². The Morgan fingerprint density at radius 1 is 1.10 bits per heavy atom. The number of rotatable bonds is 5. The van der Waals surface area contributed by atoms with Crippen LogP contribution in [0.4, 0.5) is 28.7 Å². The van der Waals surface area contributed by atoms with Crippen molar-refractivity contribution >= 4 is 34.6 Å². The number of ether oxygens (including phenoxy) is 1. The van der Waals surface area contributed by atoms with Crippen LogP contribution in [0.1, 0.15) is 6.92 Å². The lowest BCUT2D eigenvalue weighted by Crippen LogP contribution is -2.36. The van der Waals surface area contributed by atoms with E-state index in [1.807, 2.05) is 24.3 Å². The number of amides is 1. The van der Waals surface area contributed by atoms with Crippen LogP contribution in [0.3, 0.4) is 0 Å². The van der Waals surface area contributed by atoms with Crippen LogP contribution in [0.2, 0.25) is 0 Å². The number of carbonyl (C=O) groups is 1. The van der Waals surface area contributed by atoms with Gasteiger partial charge >= 0.3 is 0 Å². The van der Waals surface area contributed by atoms with Gasteiger partial charge in [-0.3, -0.25) is 4.79 Å². The Morgan fingerprint density at radius 3 is 2.57 bits per heavy atom. The van der Waals surface area contributed by atoms with Crippen LogP contribution in [-0.4, -0.2) is 42.2 Å². The lowest BCUT2D eigenvalue weighted by atomic mass is 10.1. The topological polar surface area (TPSA) is 105 Å². The molecular weight excluding hydrogens is 380 g/mol. The number of nitrogens with one attached hydrogen (secondary N) is 2. The smallest absolute Gasteiger partial charge is 0.227 e. The molecule has 2 heterocycles. The third kappa shape index (κ3) is 4.66. The fourth-order valence-corrected chi connectivity index (χ4v) is 3.31. The van der Waals surface area contributed by atoms with Gasteiger partial charge in [-0.05, 0) is 42.5 Å². The molecule has 2 aromatic carbocycles. The molecular formula is C22H24N6O2. The van der Waals surface area contributed by atoms with E-state index in [2.05, 4.69) is 37.6 Å². The Hall–Kier alpha value is -3.65. The Balaban J connectivity index is 1.48. The number of aromatic nitrogens is 2. The molecule has 1 aliphatic heterocycles. The summed E-state index contributed by atoms with van der Waals surface area (Å²) in [7, 11) is 0. The minimum atomic E-state index is -0.164. The quantitative estimate of drug-likeness (QED) is 0.561. The maximum absolute atomic E-state index is 11.2. The van der Waals surface area contributed by atoms with Crippen LogP contribution in [0.5, 0.6) is 0 Å². The van der Waals surface area contributed by atoms with Gasteiger partial charge in [-0.15, -0.1) is 0 Å². The maximum atomic E-state index is 11.2. The van der Waals surface area contributed by atoms with Crippen LogP contribution >= 0.6 is 0 Å². The molecule has 8 nitrogen and oxygen atoms in total. The van der Waals surface area contributed by atoms with Gasteiger partial charge in [0, 0.05) is 43.1 Å². The monoisotopic (exact) mass is 404 g/mol. The summed E-state index contributed by atoms with van der Waals surface area (Å²) in [5.41, 5.74) is 10.8. The number of carbonyl (C=O) groups excluding carboxylic acids is 1. The molecule has 1 aliphatic rings. The summed E-state index contributed by atoms with van der Waals surface area (Å²) in [5, 5.41) is 5.95. The number of nitrogens with zero attached hydrogens (tertiary/aromatic N) is 3. The highest BCUT2D eigenvalue weighted by molar-refractivity contribution is 5.93. The van der Waals surface area contributed by atoms with Crippen LogP contribution in [0.15, 0.2) is 54.7 Å². The first kappa shape index (κ1) is 19.7. The second-order valence-electron chi connectivity index (χ2n) is 7.02. The summed E-state index contributed by atoms with van der Waals surface area (Å²) in [6.45, 7) is 4.78. The molecule has 1 saturated heterocycles. The number of benzene rings is 2. The van der Waals surface area contributed by atoms with Gasteiger partial charge in [0.25, 0.3) is 0 Å². The van der Waals surface area contributed by atoms with Gasteiger partial charge in [0.05, 0.1) is 30.3 Å². The first-order valence-electron chi connectivity index (χ1n) is 9.79. The van der Waals surface area contributed by atoms with E-state index < -0.39 is 0 Å². The number of hydrogen-bond donors (Lipinski definition) is 3. The lowest BCUT2D eigenvalue weighted by molar-refractivity contribution is -0.114. The zero-order valence-corrected chi connectivity index (χ0v) is 16.8. The number of nitrogen functional groups attached to an aromatic ring is 1. The van der Waals surface area contributed by atoms with Crippen molar-refractivity contribution < 1.29 is 9.53 Å². The largest absolute Gasteiger partial charge is 0.397 e. The van der Waals surface area contributed by atoms with Crippen LogP contribution in [0.25, 0.3) is 11.3 Å². The molecule has 154 valence electrons. The van der Waals surface area contributed by atoms with Gasteiger partial charge in [-0.1, -0.05) is 6.07 Å². The van der Waals surface area contributed by atoms with E-state index in [1.54, 1.807) is 18.3 Å². The average Bonchev–Trinajstić information content (AvgIpc) is 2.76. The number of morpholine rings is 1. The molecule has 0 unspecified atom stereocenters. The lowest BCUT2D eigenvalue weighted by Gasteiger charge is -2.28. The van der Waals surface area contributed by atoms with Gasteiger partial charge < -0.3 is 26.0 Å². The Bertz CT molecular complexity index is 1030. The van der Waals surface area contributed by atoms with Crippen molar-refractivity contribution in [3.8, 4) is 11.3 Å². The number of anilines is 5. The Labute approximate surface area is 175 Å². The highest BCUT2D eigenvalue weighted by Crippen LogP contribution is 2.27. The van der Waals surface area contributed by atoms with Crippen molar-refractivity contribution in [1.82, 2.24) is 9.97 Å². The molecule has 1 amide bonds. The summed E-state index contributed by atoms with van der Waals surface area (Å²) >= 11 is 0. The van der Waals surface area contributed by atoms with E-state index in [4.69, 9.17) is 10.5 Å². The normalized spacial score (nSPS) is 13.7. The summed E-state index contributed by atoms with van der Waals surface area (Å²) in [6, 6.07) is 15.4. The van der Waals surface area contributed by atoms with Crippen molar-refractivity contribution in [2.45, 2.75) is 6.92 Å². The zero-order chi connectivity index (χ0) is 20.9. The Morgan fingerprint density at radius 2 is 1.87 bits per heavy atom.